The zero-order valence-corrected chi connectivity index (χ0v) is 13.1. The van der Waals surface area contributed by atoms with Gasteiger partial charge in [-0.05, 0) is 43.2 Å². The molecule has 0 radical (unpaired) electrons. The van der Waals surface area contributed by atoms with Crippen molar-refractivity contribution in [3.8, 4) is 0 Å². The monoisotopic (exact) mass is 300 g/mol. The van der Waals surface area contributed by atoms with Gasteiger partial charge < -0.3 is 10.6 Å². The van der Waals surface area contributed by atoms with Crippen molar-refractivity contribution in [2.45, 2.75) is 25.3 Å². The first-order valence-electron chi connectivity index (χ1n) is 7.44. The van der Waals surface area contributed by atoms with Crippen LogP contribution in [-0.2, 0) is 0 Å². The topological polar surface area (TPSA) is 29.3 Å². The Morgan fingerprint density at radius 3 is 2.33 bits per heavy atom. The Labute approximate surface area is 131 Å². The Balaban J connectivity index is 1.81. The first-order valence-corrected chi connectivity index (χ1v) is 7.82. The molecular weight excluding hydrogens is 280 g/mol. The van der Waals surface area contributed by atoms with Crippen molar-refractivity contribution in [2.75, 3.05) is 18.0 Å². The van der Waals surface area contributed by atoms with Gasteiger partial charge in [0, 0.05) is 35.8 Å². The number of hydrogen-bond donors (Lipinski definition) is 1. The molecule has 21 heavy (non-hydrogen) atoms. The van der Waals surface area contributed by atoms with Crippen LogP contribution in [0.5, 0.6) is 0 Å². The largest absolute Gasteiger partial charge is 0.369 e. The Hall–Kier alpha value is -1.51. The molecule has 1 heterocycles. The number of rotatable bonds is 2. The zero-order valence-electron chi connectivity index (χ0n) is 12.3. The lowest BCUT2D eigenvalue weighted by Crippen LogP contribution is -2.46. The summed E-state index contributed by atoms with van der Waals surface area (Å²) < 4.78 is 0. The molecule has 0 aliphatic carbocycles. The third-order valence-corrected chi connectivity index (χ3v) is 4.48. The second kappa shape index (κ2) is 6.08. The van der Waals surface area contributed by atoms with Crippen LogP contribution >= 0.6 is 11.6 Å². The van der Waals surface area contributed by atoms with E-state index >= 15 is 0 Å². The summed E-state index contributed by atoms with van der Waals surface area (Å²) in [6.07, 6.45) is 1.03. The van der Waals surface area contributed by atoms with Crippen LogP contribution in [0.1, 0.15) is 23.5 Å². The van der Waals surface area contributed by atoms with Gasteiger partial charge in [-0.3, -0.25) is 0 Å². The van der Waals surface area contributed by atoms with Gasteiger partial charge in [0.2, 0.25) is 0 Å². The number of nitrogens with two attached hydrogens (primary N) is 1. The van der Waals surface area contributed by atoms with Gasteiger partial charge in [-0.1, -0.05) is 41.4 Å². The molecular formula is C18H21ClN2. The summed E-state index contributed by atoms with van der Waals surface area (Å²) in [7, 11) is 0. The maximum Gasteiger partial charge on any atom is 0.0406 e. The van der Waals surface area contributed by atoms with Crippen LogP contribution in [0, 0.1) is 6.92 Å². The first-order chi connectivity index (χ1) is 10.1. The quantitative estimate of drug-likeness (QED) is 0.909. The maximum absolute atomic E-state index is 6.28. The smallest absolute Gasteiger partial charge is 0.0406 e. The lowest BCUT2D eigenvalue weighted by Gasteiger charge is -2.38. The molecule has 0 amide bonds. The van der Waals surface area contributed by atoms with E-state index in [1.165, 1.54) is 16.8 Å². The molecule has 1 saturated heterocycles. The van der Waals surface area contributed by atoms with Gasteiger partial charge in [-0.25, -0.2) is 0 Å². The molecule has 1 aliphatic rings. The summed E-state index contributed by atoms with van der Waals surface area (Å²) in [6, 6.07) is 17.1. The Kier molecular flexibility index (Phi) is 4.18. The van der Waals surface area contributed by atoms with Crippen molar-refractivity contribution >= 4 is 17.3 Å². The summed E-state index contributed by atoms with van der Waals surface area (Å²) in [5, 5.41) is 0.786. The number of anilines is 1. The van der Waals surface area contributed by atoms with Gasteiger partial charge in [0.1, 0.15) is 0 Å². The second-order valence-electron chi connectivity index (χ2n) is 5.98. The molecule has 2 aromatic carbocycles. The first kappa shape index (κ1) is 14.4. The predicted molar refractivity (Wildman–Crippen MR) is 90.2 cm³/mol. The summed E-state index contributed by atoms with van der Waals surface area (Å²) >= 11 is 5.98. The summed E-state index contributed by atoms with van der Waals surface area (Å²) in [5.74, 6) is 0.465. The molecule has 0 spiro atoms. The highest BCUT2D eigenvalue weighted by Gasteiger charge is 2.26. The average Bonchev–Trinajstić information content (AvgIpc) is 2.48. The van der Waals surface area contributed by atoms with Crippen LogP contribution in [0.4, 0.5) is 5.69 Å². The molecule has 1 aliphatic heterocycles. The number of halogens is 1. The molecule has 2 N–H and O–H groups in total. The number of piperidine rings is 1. The van der Waals surface area contributed by atoms with Crippen LogP contribution < -0.4 is 10.6 Å². The summed E-state index contributed by atoms with van der Waals surface area (Å²) in [4.78, 5) is 2.40. The number of aryl methyl sites for hydroxylation is 1. The Bertz CT molecular complexity index is 538. The SMILES string of the molecule is Cc1ccc(N2CC(N)CC(c3ccc(Cl)cc3)C2)cc1. The lowest BCUT2D eigenvalue weighted by atomic mass is 9.88. The molecule has 0 aromatic heterocycles. The number of nitrogens with zero attached hydrogens (tertiary/aromatic N) is 1. The van der Waals surface area contributed by atoms with Crippen molar-refractivity contribution < 1.29 is 0 Å². The van der Waals surface area contributed by atoms with Crippen molar-refractivity contribution in [1.29, 1.82) is 0 Å². The molecule has 0 bridgehead atoms. The van der Waals surface area contributed by atoms with Gasteiger partial charge in [0.15, 0.2) is 0 Å². The van der Waals surface area contributed by atoms with Crippen LogP contribution in [0.15, 0.2) is 48.5 Å². The average molecular weight is 301 g/mol. The Morgan fingerprint density at radius 1 is 1.00 bits per heavy atom. The third-order valence-electron chi connectivity index (χ3n) is 4.22. The predicted octanol–water partition coefficient (Wildman–Crippen LogP) is 3.97. The molecule has 2 nitrogen and oxygen atoms in total. The minimum absolute atomic E-state index is 0.209. The van der Waals surface area contributed by atoms with Crippen LogP contribution in [-0.4, -0.2) is 19.1 Å². The molecule has 1 fully saturated rings. The highest BCUT2D eigenvalue weighted by Crippen LogP contribution is 2.30. The minimum Gasteiger partial charge on any atom is -0.369 e. The maximum atomic E-state index is 6.28. The van der Waals surface area contributed by atoms with E-state index in [9.17, 15) is 0 Å². The van der Waals surface area contributed by atoms with Gasteiger partial charge in [-0.2, -0.15) is 0 Å². The van der Waals surface area contributed by atoms with Gasteiger partial charge >= 0.3 is 0 Å². The van der Waals surface area contributed by atoms with Gasteiger partial charge in [-0.15, -0.1) is 0 Å². The Morgan fingerprint density at radius 2 is 1.67 bits per heavy atom. The van der Waals surface area contributed by atoms with Gasteiger partial charge in [0.25, 0.3) is 0 Å². The van der Waals surface area contributed by atoms with E-state index in [-0.39, 0.29) is 6.04 Å². The molecule has 2 unspecified atom stereocenters. The molecule has 0 saturated carbocycles. The highest BCUT2D eigenvalue weighted by atomic mass is 35.5. The molecule has 110 valence electrons. The fourth-order valence-electron chi connectivity index (χ4n) is 3.08. The summed E-state index contributed by atoms with van der Waals surface area (Å²) in [6.45, 7) is 4.05. The number of hydrogen-bond acceptors (Lipinski definition) is 2. The standard InChI is InChI=1S/C18H21ClN2/c1-13-2-8-18(9-3-13)21-11-15(10-17(20)12-21)14-4-6-16(19)7-5-14/h2-9,15,17H,10-12,20H2,1H3. The van der Waals surface area contributed by atoms with E-state index in [1.54, 1.807) is 0 Å². The zero-order chi connectivity index (χ0) is 14.8. The van der Waals surface area contributed by atoms with Crippen molar-refractivity contribution in [3.05, 3.63) is 64.7 Å². The van der Waals surface area contributed by atoms with Gasteiger partial charge in [0.05, 0.1) is 0 Å². The fraction of sp³-hybridized carbons (Fsp3) is 0.333. The van der Waals surface area contributed by atoms with E-state index in [2.05, 4.69) is 48.2 Å². The van der Waals surface area contributed by atoms with E-state index in [1.807, 2.05) is 12.1 Å². The fourth-order valence-corrected chi connectivity index (χ4v) is 3.21. The van der Waals surface area contributed by atoms with E-state index < -0.39 is 0 Å². The van der Waals surface area contributed by atoms with E-state index in [4.69, 9.17) is 17.3 Å². The van der Waals surface area contributed by atoms with Crippen molar-refractivity contribution in [1.82, 2.24) is 0 Å². The van der Waals surface area contributed by atoms with Crippen molar-refractivity contribution in [3.63, 3.8) is 0 Å². The van der Waals surface area contributed by atoms with Crippen LogP contribution in [0.3, 0.4) is 0 Å². The third kappa shape index (κ3) is 3.39. The minimum atomic E-state index is 0.209. The molecule has 3 rings (SSSR count). The highest BCUT2D eigenvalue weighted by molar-refractivity contribution is 6.30. The molecule has 2 aromatic rings. The second-order valence-corrected chi connectivity index (χ2v) is 6.42. The van der Waals surface area contributed by atoms with Crippen LogP contribution in [0.2, 0.25) is 5.02 Å². The lowest BCUT2D eigenvalue weighted by molar-refractivity contribution is 0.454. The number of benzene rings is 2. The van der Waals surface area contributed by atoms with E-state index in [0.717, 1.165) is 24.5 Å². The van der Waals surface area contributed by atoms with E-state index in [0.29, 0.717) is 5.92 Å². The molecule has 2 atom stereocenters. The molecule has 3 heteroatoms. The normalized spacial score (nSPS) is 22.3. The van der Waals surface area contributed by atoms with Crippen molar-refractivity contribution in [2.24, 2.45) is 5.73 Å². The van der Waals surface area contributed by atoms with Crippen LogP contribution in [0.25, 0.3) is 0 Å². The summed E-state index contributed by atoms with van der Waals surface area (Å²) in [5.41, 5.74) is 10.2.